The summed E-state index contributed by atoms with van der Waals surface area (Å²) in [5.41, 5.74) is 1.35. The fraction of sp³-hybridized carbons (Fsp3) is 0.0909. The van der Waals surface area contributed by atoms with Crippen LogP contribution in [0.2, 0.25) is 0 Å². The molecule has 0 spiro atoms. The van der Waals surface area contributed by atoms with Crippen LogP contribution in [0.3, 0.4) is 0 Å². The van der Waals surface area contributed by atoms with Gasteiger partial charge in [-0.15, -0.1) is 23.1 Å². The van der Waals surface area contributed by atoms with Crippen molar-refractivity contribution in [3.8, 4) is 10.4 Å². The lowest BCUT2D eigenvalue weighted by Crippen LogP contribution is -1.76. The van der Waals surface area contributed by atoms with Crippen LogP contribution in [0, 0.1) is 0 Å². The van der Waals surface area contributed by atoms with Crippen molar-refractivity contribution in [1.29, 1.82) is 0 Å². The molecule has 66 valence electrons. The Bertz CT molecular complexity index is 377. The van der Waals surface area contributed by atoms with Crippen molar-refractivity contribution in [2.75, 3.05) is 6.26 Å². The number of rotatable bonds is 2. The third-order valence-corrected chi connectivity index (χ3v) is 3.59. The Morgan fingerprint density at radius 2 is 1.92 bits per heavy atom. The molecular formula is C11H10S2. The second-order valence-corrected chi connectivity index (χ2v) is 4.47. The van der Waals surface area contributed by atoms with E-state index < -0.39 is 0 Å². The van der Waals surface area contributed by atoms with Gasteiger partial charge in [0.05, 0.1) is 0 Å². The summed E-state index contributed by atoms with van der Waals surface area (Å²) in [5.74, 6) is 0. The quantitative estimate of drug-likeness (QED) is 0.665. The predicted octanol–water partition coefficient (Wildman–Crippen LogP) is 4.14. The standard InChI is InChI=1S/C11H10S2/c1-12-10-6-3-2-5-9(10)11-7-4-8-13-11/h2-8H,1H3. The van der Waals surface area contributed by atoms with Crippen LogP contribution in [0.4, 0.5) is 0 Å². The summed E-state index contributed by atoms with van der Waals surface area (Å²) in [5, 5.41) is 2.12. The average Bonchev–Trinajstić information content (AvgIpc) is 2.70. The second kappa shape index (κ2) is 3.99. The molecule has 0 fully saturated rings. The molecule has 1 aromatic carbocycles. The largest absolute Gasteiger partial charge is 0.144 e. The Balaban J connectivity index is 2.51. The van der Waals surface area contributed by atoms with Gasteiger partial charge in [-0.1, -0.05) is 24.3 Å². The molecule has 0 nitrogen and oxygen atoms in total. The molecule has 2 heteroatoms. The number of thiophene rings is 1. The van der Waals surface area contributed by atoms with E-state index in [1.54, 1.807) is 23.1 Å². The maximum Gasteiger partial charge on any atom is 0.0353 e. The van der Waals surface area contributed by atoms with Crippen molar-refractivity contribution in [1.82, 2.24) is 0 Å². The maximum absolute atomic E-state index is 2.18. The first-order valence-electron chi connectivity index (χ1n) is 4.08. The van der Waals surface area contributed by atoms with Gasteiger partial charge in [0, 0.05) is 15.3 Å². The van der Waals surface area contributed by atoms with E-state index in [-0.39, 0.29) is 0 Å². The molecule has 0 saturated heterocycles. The molecule has 0 aliphatic heterocycles. The van der Waals surface area contributed by atoms with E-state index in [9.17, 15) is 0 Å². The fourth-order valence-electron chi connectivity index (χ4n) is 1.28. The average molecular weight is 206 g/mol. The van der Waals surface area contributed by atoms with E-state index in [0.717, 1.165) is 0 Å². The van der Waals surface area contributed by atoms with E-state index >= 15 is 0 Å². The lowest BCUT2D eigenvalue weighted by molar-refractivity contribution is 1.47. The molecule has 0 bridgehead atoms. The van der Waals surface area contributed by atoms with Gasteiger partial charge in [0.1, 0.15) is 0 Å². The summed E-state index contributed by atoms with van der Waals surface area (Å²) >= 11 is 3.59. The topological polar surface area (TPSA) is 0 Å². The summed E-state index contributed by atoms with van der Waals surface area (Å²) in [6.45, 7) is 0. The van der Waals surface area contributed by atoms with Crippen LogP contribution in [0.15, 0.2) is 46.7 Å². The molecule has 13 heavy (non-hydrogen) atoms. The van der Waals surface area contributed by atoms with Crippen molar-refractivity contribution in [3.05, 3.63) is 41.8 Å². The zero-order valence-electron chi connectivity index (χ0n) is 7.36. The highest BCUT2D eigenvalue weighted by molar-refractivity contribution is 7.98. The summed E-state index contributed by atoms with van der Waals surface area (Å²) in [6.07, 6.45) is 2.12. The van der Waals surface area contributed by atoms with Crippen LogP contribution < -0.4 is 0 Å². The number of thioether (sulfide) groups is 1. The Kier molecular flexibility index (Phi) is 2.71. The Morgan fingerprint density at radius 3 is 2.62 bits per heavy atom. The Labute approximate surface area is 86.6 Å². The van der Waals surface area contributed by atoms with Crippen molar-refractivity contribution in [2.45, 2.75) is 4.90 Å². The second-order valence-electron chi connectivity index (χ2n) is 2.68. The molecule has 0 N–H and O–H groups in total. The molecule has 0 amide bonds. The van der Waals surface area contributed by atoms with Gasteiger partial charge >= 0.3 is 0 Å². The third-order valence-electron chi connectivity index (χ3n) is 1.89. The molecule has 2 rings (SSSR count). The highest BCUT2D eigenvalue weighted by Gasteiger charge is 2.02. The first kappa shape index (κ1) is 8.85. The van der Waals surface area contributed by atoms with E-state index in [2.05, 4.69) is 48.0 Å². The first-order valence-corrected chi connectivity index (χ1v) is 6.19. The molecule has 2 aromatic rings. The van der Waals surface area contributed by atoms with E-state index in [0.29, 0.717) is 0 Å². The zero-order valence-corrected chi connectivity index (χ0v) is 8.99. The highest BCUT2D eigenvalue weighted by Crippen LogP contribution is 2.32. The molecule has 0 aliphatic rings. The molecule has 0 saturated carbocycles. The Morgan fingerprint density at radius 1 is 1.08 bits per heavy atom. The summed E-state index contributed by atoms with van der Waals surface area (Å²) in [7, 11) is 0. The van der Waals surface area contributed by atoms with Crippen LogP contribution in [0.25, 0.3) is 10.4 Å². The monoisotopic (exact) mass is 206 g/mol. The van der Waals surface area contributed by atoms with Crippen molar-refractivity contribution < 1.29 is 0 Å². The van der Waals surface area contributed by atoms with Crippen molar-refractivity contribution in [2.24, 2.45) is 0 Å². The minimum atomic E-state index is 1.35. The molecule has 1 heterocycles. The SMILES string of the molecule is CSc1ccccc1-c1cccs1. The minimum Gasteiger partial charge on any atom is -0.144 e. The molecule has 1 aromatic heterocycles. The number of hydrogen-bond acceptors (Lipinski definition) is 2. The number of benzene rings is 1. The van der Waals surface area contributed by atoms with E-state index in [1.165, 1.54) is 15.3 Å². The van der Waals surface area contributed by atoms with Crippen LogP contribution in [0.5, 0.6) is 0 Å². The number of hydrogen-bond donors (Lipinski definition) is 0. The van der Waals surface area contributed by atoms with Gasteiger partial charge in [-0.3, -0.25) is 0 Å². The molecule has 0 radical (unpaired) electrons. The van der Waals surface area contributed by atoms with Crippen molar-refractivity contribution in [3.63, 3.8) is 0 Å². The van der Waals surface area contributed by atoms with Gasteiger partial charge in [0.2, 0.25) is 0 Å². The van der Waals surface area contributed by atoms with Gasteiger partial charge in [0.15, 0.2) is 0 Å². The lowest BCUT2D eigenvalue weighted by atomic mass is 10.2. The molecular weight excluding hydrogens is 196 g/mol. The predicted molar refractivity (Wildman–Crippen MR) is 61.5 cm³/mol. The normalized spacial score (nSPS) is 10.2. The fourth-order valence-corrected chi connectivity index (χ4v) is 2.72. The summed E-state index contributed by atoms with van der Waals surface area (Å²) < 4.78 is 0. The first-order chi connectivity index (χ1) is 6.42. The summed E-state index contributed by atoms with van der Waals surface area (Å²) in [6, 6.07) is 12.8. The molecule has 0 atom stereocenters. The van der Waals surface area contributed by atoms with E-state index in [4.69, 9.17) is 0 Å². The molecule has 0 aliphatic carbocycles. The van der Waals surface area contributed by atoms with Crippen LogP contribution in [-0.2, 0) is 0 Å². The van der Waals surface area contributed by atoms with Crippen LogP contribution in [0.1, 0.15) is 0 Å². The molecule has 0 unspecified atom stereocenters. The van der Waals surface area contributed by atoms with Crippen molar-refractivity contribution >= 4 is 23.1 Å². The smallest absolute Gasteiger partial charge is 0.0353 e. The lowest BCUT2D eigenvalue weighted by Gasteiger charge is -2.03. The minimum absolute atomic E-state index is 1.35. The van der Waals surface area contributed by atoms with E-state index in [1.807, 2.05) is 0 Å². The highest BCUT2D eigenvalue weighted by atomic mass is 32.2. The maximum atomic E-state index is 2.18. The van der Waals surface area contributed by atoms with Gasteiger partial charge in [-0.2, -0.15) is 0 Å². The van der Waals surface area contributed by atoms with Gasteiger partial charge in [0.25, 0.3) is 0 Å². The van der Waals surface area contributed by atoms with Gasteiger partial charge in [-0.05, 0) is 23.8 Å². The van der Waals surface area contributed by atoms with Crippen LogP contribution >= 0.6 is 23.1 Å². The third kappa shape index (κ3) is 1.79. The summed E-state index contributed by atoms with van der Waals surface area (Å²) in [4.78, 5) is 2.70. The Hall–Kier alpha value is -0.730. The van der Waals surface area contributed by atoms with Crippen LogP contribution in [-0.4, -0.2) is 6.26 Å². The van der Waals surface area contributed by atoms with Gasteiger partial charge in [-0.25, -0.2) is 0 Å². The van der Waals surface area contributed by atoms with Gasteiger partial charge < -0.3 is 0 Å². The zero-order chi connectivity index (χ0) is 9.10.